The summed E-state index contributed by atoms with van der Waals surface area (Å²) in [6.07, 6.45) is 2.93. The molecule has 1 saturated carbocycles. The molecule has 140 valence electrons. The number of hydrogen-bond acceptors (Lipinski definition) is 5. The molecule has 4 atom stereocenters. The zero-order valence-corrected chi connectivity index (χ0v) is 15.7. The Morgan fingerprint density at radius 3 is 2.80 bits per heavy atom. The molecule has 0 bridgehead atoms. The van der Waals surface area contributed by atoms with Gasteiger partial charge in [-0.2, -0.15) is 5.10 Å². The fraction of sp³-hybridized carbons (Fsp3) is 0.750. The molecule has 1 aliphatic heterocycles. The van der Waals surface area contributed by atoms with Crippen molar-refractivity contribution in [3.63, 3.8) is 0 Å². The summed E-state index contributed by atoms with van der Waals surface area (Å²) in [5, 5.41) is 7.37. The van der Waals surface area contributed by atoms with Crippen LogP contribution in [0.15, 0.2) is 6.07 Å². The van der Waals surface area contributed by atoms with Crippen LogP contribution in [0, 0.1) is 19.8 Å². The number of rotatable bonds is 7. The number of aryl methyl sites for hydroxylation is 3. The highest BCUT2D eigenvalue weighted by atomic mass is 32.2. The molecular formula is C16H26N4O4S. The topological polar surface area (TPSA) is 102 Å². The third kappa shape index (κ3) is 4.21. The number of nitrogens with one attached hydrogen (secondary N) is 2. The molecule has 3 rings (SSSR count). The maximum Gasteiger partial charge on any atom is 0.220 e. The van der Waals surface area contributed by atoms with Gasteiger partial charge >= 0.3 is 0 Å². The van der Waals surface area contributed by atoms with E-state index in [0.717, 1.165) is 24.1 Å². The molecule has 0 spiro atoms. The lowest BCUT2D eigenvalue weighted by Gasteiger charge is -2.47. The van der Waals surface area contributed by atoms with Crippen molar-refractivity contribution in [3.05, 3.63) is 17.5 Å². The second-order valence-electron chi connectivity index (χ2n) is 7.05. The van der Waals surface area contributed by atoms with Gasteiger partial charge in [-0.25, -0.2) is 13.1 Å². The quantitative estimate of drug-likeness (QED) is 0.709. The first kappa shape index (κ1) is 18.3. The predicted octanol–water partition coefficient (Wildman–Crippen LogP) is 0.101. The summed E-state index contributed by atoms with van der Waals surface area (Å²) in [6, 6.07) is 1.45. The Bertz CT molecular complexity index is 745. The maximum absolute atomic E-state index is 12.3. The molecule has 2 aliphatic rings. The number of carbonyl (C=O) groups is 1. The number of ether oxygens (including phenoxy) is 1. The number of fused-ring (bicyclic) bond motifs is 1. The first-order chi connectivity index (χ1) is 11.7. The van der Waals surface area contributed by atoms with Crippen molar-refractivity contribution >= 4 is 15.9 Å². The van der Waals surface area contributed by atoms with Gasteiger partial charge in [-0.05, 0) is 32.8 Å². The van der Waals surface area contributed by atoms with E-state index >= 15 is 0 Å². The minimum Gasteiger partial charge on any atom is -0.376 e. The van der Waals surface area contributed by atoms with Crippen molar-refractivity contribution in [1.29, 1.82) is 0 Å². The van der Waals surface area contributed by atoms with E-state index in [0.29, 0.717) is 26.0 Å². The molecular weight excluding hydrogens is 344 g/mol. The number of sulfonamides is 1. The lowest BCUT2D eigenvalue weighted by Crippen LogP contribution is -2.70. The molecule has 1 aromatic rings. The second kappa shape index (κ2) is 7.05. The Kier molecular flexibility index (Phi) is 5.17. The maximum atomic E-state index is 12.3. The van der Waals surface area contributed by atoms with Crippen LogP contribution in [0.3, 0.4) is 0 Å². The molecule has 8 nitrogen and oxygen atoms in total. The number of nitrogens with zero attached hydrogens (tertiary/aromatic N) is 2. The standard InChI is InChI=1S/C16H26N4O4S/c1-10-9-11(2)20(18-10)7-4-5-13(21)17-14-12-6-8-24-16(12)15(14)19-25(3,22)23/h9,12,14-16,19H,4-8H2,1-3H3,(H,17,21)/t12-,14+,15-,16-/m1/s1. The Balaban J connectivity index is 1.50. The molecule has 1 amide bonds. The van der Waals surface area contributed by atoms with Crippen LogP contribution < -0.4 is 10.0 Å². The van der Waals surface area contributed by atoms with Crippen LogP contribution in [0.25, 0.3) is 0 Å². The van der Waals surface area contributed by atoms with Gasteiger partial charge < -0.3 is 10.1 Å². The average Bonchev–Trinajstić information content (AvgIpc) is 3.06. The lowest BCUT2D eigenvalue weighted by atomic mass is 9.72. The van der Waals surface area contributed by atoms with Crippen molar-refractivity contribution in [3.8, 4) is 0 Å². The summed E-state index contributed by atoms with van der Waals surface area (Å²) >= 11 is 0. The summed E-state index contributed by atoms with van der Waals surface area (Å²) in [6.45, 7) is 5.25. The van der Waals surface area contributed by atoms with Crippen LogP contribution in [-0.2, 0) is 26.1 Å². The number of aromatic nitrogens is 2. The monoisotopic (exact) mass is 370 g/mol. The highest BCUT2D eigenvalue weighted by Crippen LogP contribution is 2.39. The predicted molar refractivity (Wildman–Crippen MR) is 92.5 cm³/mol. The van der Waals surface area contributed by atoms with Gasteiger partial charge in [0.25, 0.3) is 0 Å². The van der Waals surface area contributed by atoms with Crippen LogP contribution >= 0.6 is 0 Å². The van der Waals surface area contributed by atoms with Crippen LogP contribution in [0.1, 0.15) is 30.7 Å². The van der Waals surface area contributed by atoms with Crippen LogP contribution in [0.5, 0.6) is 0 Å². The Labute approximate surface area is 148 Å². The Hall–Kier alpha value is -1.45. The van der Waals surface area contributed by atoms with Crippen LogP contribution in [-0.4, -0.2) is 55.2 Å². The van der Waals surface area contributed by atoms with Gasteiger partial charge in [-0.15, -0.1) is 0 Å². The van der Waals surface area contributed by atoms with Crippen molar-refractivity contribution in [2.75, 3.05) is 12.9 Å². The lowest BCUT2D eigenvalue weighted by molar-refractivity contribution is -0.125. The number of carbonyl (C=O) groups excluding carboxylic acids is 1. The summed E-state index contributed by atoms with van der Waals surface area (Å²) in [7, 11) is -3.34. The summed E-state index contributed by atoms with van der Waals surface area (Å²) in [5.74, 6) is 0.136. The molecule has 9 heteroatoms. The zero-order chi connectivity index (χ0) is 18.2. The van der Waals surface area contributed by atoms with E-state index in [-0.39, 0.29) is 30.0 Å². The van der Waals surface area contributed by atoms with Crippen molar-refractivity contribution < 1.29 is 17.9 Å². The molecule has 1 aromatic heterocycles. The molecule has 2 heterocycles. The molecule has 25 heavy (non-hydrogen) atoms. The molecule has 1 aliphatic carbocycles. The Morgan fingerprint density at radius 2 is 2.16 bits per heavy atom. The van der Waals surface area contributed by atoms with E-state index < -0.39 is 10.0 Å². The van der Waals surface area contributed by atoms with Gasteiger partial charge in [0.05, 0.1) is 30.1 Å². The van der Waals surface area contributed by atoms with E-state index in [1.165, 1.54) is 0 Å². The van der Waals surface area contributed by atoms with Gasteiger partial charge in [-0.3, -0.25) is 9.48 Å². The molecule has 2 N–H and O–H groups in total. The van der Waals surface area contributed by atoms with Gasteiger partial charge in [0.15, 0.2) is 0 Å². The van der Waals surface area contributed by atoms with Crippen molar-refractivity contribution in [2.45, 2.75) is 57.8 Å². The summed E-state index contributed by atoms with van der Waals surface area (Å²) in [4.78, 5) is 12.3. The van der Waals surface area contributed by atoms with E-state index in [9.17, 15) is 13.2 Å². The minimum atomic E-state index is -3.34. The molecule has 1 saturated heterocycles. The first-order valence-corrected chi connectivity index (χ1v) is 10.5. The van der Waals surface area contributed by atoms with Crippen molar-refractivity contribution in [1.82, 2.24) is 19.8 Å². The van der Waals surface area contributed by atoms with Crippen LogP contribution in [0.2, 0.25) is 0 Å². The van der Waals surface area contributed by atoms with Gasteiger partial charge in [0.2, 0.25) is 15.9 Å². The summed E-state index contributed by atoms with van der Waals surface area (Å²) in [5.41, 5.74) is 2.05. The molecule has 0 radical (unpaired) electrons. The number of amides is 1. The fourth-order valence-electron chi connectivity index (χ4n) is 3.84. The molecule has 0 aromatic carbocycles. The fourth-order valence-corrected chi connectivity index (χ4v) is 4.62. The first-order valence-electron chi connectivity index (χ1n) is 8.64. The largest absolute Gasteiger partial charge is 0.376 e. The van der Waals surface area contributed by atoms with Gasteiger partial charge in [-0.1, -0.05) is 0 Å². The van der Waals surface area contributed by atoms with Gasteiger partial charge in [0, 0.05) is 31.2 Å². The van der Waals surface area contributed by atoms with E-state index in [1.54, 1.807) is 0 Å². The zero-order valence-electron chi connectivity index (χ0n) is 14.9. The van der Waals surface area contributed by atoms with E-state index in [1.807, 2.05) is 24.6 Å². The third-order valence-corrected chi connectivity index (χ3v) is 5.64. The molecule has 0 unspecified atom stereocenters. The van der Waals surface area contributed by atoms with Crippen LogP contribution in [0.4, 0.5) is 0 Å². The van der Waals surface area contributed by atoms with Crippen molar-refractivity contribution in [2.24, 2.45) is 5.92 Å². The number of hydrogen-bond donors (Lipinski definition) is 2. The van der Waals surface area contributed by atoms with E-state index in [2.05, 4.69) is 15.1 Å². The molecule has 2 fully saturated rings. The SMILES string of the molecule is Cc1cc(C)n(CCCC(=O)N[C@H]2[C@H]3CCO[C@H]3[C@@H]2NS(C)(=O)=O)n1. The smallest absolute Gasteiger partial charge is 0.220 e. The average molecular weight is 370 g/mol. The normalized spacial score (nSPS) is 28.4. The van der Waals surface area contributed by atoms with Gasteiger partial charge in [0.1, 0.15) is 0 Å². The highest BCUT2D eigenvalue weighted by Gasteiger charge is 2.55. The highest BCUT2D eigenvalue weighted by molar-refractivity contribution is 7.88. The summed E-state index contributed by atoms with van der Waals surface area (Å²) < 4.78 is 33.1. The third-order valence-electron chi connectivity index (χ3n) is 4.94. The Morgan fingerprint density at radius 1 is 1.40 bits per heavy atom. The second-order valence-corrected chi connectivity index (χ2v) is 8.83. The van der Waals surface area contributed by atoms with E-state index in [4.69, 9.17) is 4.74 Å². The minimum absolute atomic E-state index is 0.0582.